The van der Waals surface area contributed by atoms with Crippen LogP contribution in [0.1, 0.15) is 47.0 Å². The number of carbonyl (C=O) groups excluding carboxylic acids is 3. The molecule has 0 saturated carbocycles. The average molecular weight is 570 g/mol. The first-order valence-electron chi connectivity index (χ1n) is 14.4. The summed E-state index contributed by atoms with van der Waals surface area (Å²) in [6.07, 6.45) is 5.02. The maximum atomic E-state index is 14.7. The number of hydrogen-bond donors (Lipinski definition) is 1. The van der Waals surface area contributed by atoms with E-state index < -0.39 is 39.4 Å². The molecule has 0 aliphatic carbocycles. The molecule has 0 radical (unpaired) electrons. The van der Waals surface area contributed by atoms with Crippen LogP contribution in [0.25, 0.3) is 0 Å². The van der Waals surface area contributed by atoms with Gasteiger partial charge in [0.05, 0.1) is 29.2 Å². The predicted octanol–water partition coefficient (Wildman–Crippen LogP) is 4.03. The van der Waals surface area contributed by atoms with E-state index in [4.69, 9.17) is 4.74 Å². The number of carbonyl (C=O) groups is 3. The molecule has 1 spiro atoms. The first-order valence-corrected chi connectivity index (χ1v) is 15.2. The third-order valence-electron chi connectivity index (χ3n) is 8.99. The number of amides is 2. The number of thioether (sulfide) groups is 1. The van der Waals surface area contributed by atoms with Crippen molar-refractivity contribution in [3.63, 3.8) is 0 Å². The van der Waals surface area contributed by atoms with Crippen LogP contribution in [0, 0.1) is 11.8 Å². The Kier molecular flexibility index (Phi) is 9.05. The molecule has 8 nitrogen and oxygen atoms in total. The van der Waals surface area contributed by atoms with E-state index in [1.165, 1.54) is 6.08 Å². The summed E-state index contributed by atoms with van der Waals surface area (Å²) >= 11 is 1.60. The summed E-state index contributed by atoms with van der Waals surface area (Å²) in [5, 5.41) is 10.3. The molecule has 1 N–H and O–H groups in total. The number of rotatable bonds is 13. The fourth-order valence-electron chi connectivity index (χ4n) is 7.07. The van der Waals surface area contributed by atoms with Gasteiger partial charge in [-0.15, -0.1) is 18.3 Å². The smallest absolute Gasteiger partial charge is 0.311 e. The minimum absolute atomic E-state index is 0.0703. The third-order valence-corrected chi connectivity index (χ3v) is 11.0. The quantitative estimate of drug-likeness (QED) is 0.283. The molecule has 0 aromatic heterocycles. The van der Waals surface area contributed by atoms with Crippen LogP contribution < -0.4 is 9.80 Å². The second-order valence-corrected chi connectivity index (χ2v) is 13.0. The molecule has 4 rings (SSSR count). The lowest BCUT2D eigenvalue weighted by atomic mass is 9.66. The lowest BCUT2D eigenvalue weighted by Gasteiger charge is -2.39. The summed E-state index contributed by atoms with van der Waals surface area (Å²) in [6.45, 7) is 17.5. The summed E-state index contributed by atoms with van der Waals surface area (Å²) in [7, 11) is 0. The fourth-order valence-corrected chi connectivity index (χ4v) is 9.40. The van der Waals surface area contributed by atoms with Crippen LogP contribution in [0.15, 0.2) is 49.6 Å². The average Bonchev–Trinajstić information content (AvgIpc) is 3.53. The van der Waals surface area contributed by atoms with E-state index in [0.29, 0.717) is 19.3 Å². The third kappa shape index (κ3) is 4.75. The molecule has 6 atom stereocenters. The number of esters is 1. The van der Waals surface area contributed by atoms with Crippen LogP contribution in [0.3, 0.4) is 0 Å². The Morgan fingerprint density at radius 3 is 2.35 bits per heavy atom. The Balaban J connectivity index is 1.78. The van der Waals surface area contributed by atoms with Crippen LogP contribution in [-0.4, -0.2) is 82.2 Å². The topological polar surface area (TPSA) is 90.4 Å². The maximum absolute atomic E-state index is 14.7. The molecule has 3 fully saturated rings. The molecule has 2 amide bonds. The van der Waals surface area contributed by atoms with Crippen molar-refractivity contribution in [1.82, 2.24) is 4.90 Å². The van der Waals surface area contributed by atoms with E-state index in [1.54, 1.807) is 27.6 Å². The van der Waals surface area contributed by atoms with Crippen LogP contribution in [0.2, 0.25) is 0 Å². The van der Waals surface area contributed by atoms with Gasteiger partial charge in [-0.05, 0) is 64.3 Å². The first kappa shape index (κ1) is 30.2. The molecule has 1 aromatic carbocycles. The lowest BCUT2D eigenvalue weighted by Crippen LogP contribution is -2.57. The number of nitrogens with zero attached hydrogens (tertiary/aromatic N) is 3. The Morgan fingerprint density at radius 2 is 1.80 bits per heavy atom. The summed E-state index contributed by atoms with van der Waals surface area (Å²) in [6, 6.07) is 6.53. The summed E-state index contributed by atoms with van der Waals surface area (Å²) in [5.74, 6) is -2.24. The van der Waals surface area contributed by atoms with Crippen LogP contribution in [-0.2, 0) is 19.1 Å². The lowest BCUT2D eigenvalue weighted by molar-refractivity contribution is -0.155. The Morgan fingerprint density at radius 1 is 1.15 bits per heavy atom. The highest BCUT2D eigenvalue weighted by molar-refractivity contribution is 8.02. The molecule has 1 aromatic rings. The van der Waals surface area contributed by atoms with Gasteiger partial charge in [-0.3, -0.25) is 14.4 Å². The van der Waals surface area contributed by atoms with Crippen molar-refractivity contribution in [1.29, 1.82) is 0 Å². The van der Waals surface area contributed by atoms with Gasteiger partial charge in [0.25, 0.3) is 5.91 Å². The zero-order chi connectivity index (χ0) is 29.2. The number of aliphatic hydroxyl groups excluding tert-OH is 1. The number of fused-ring (bicyclic) bond motifs is 1. The molecule has 9 heteroatoms. The zero-order valence-electron chi connectivity index (χ0n) is 24.2. The van der Waals surface area contributed by atoms with E-state index >= 15 is 0 Å². The Hall–Kier alpha value is -2.78. The van der Waals surface area contributed by atoms with Gasteiger partial charge >= 0.3 is 5.97 Å². The van der Waals surface area contributed by atoms with E-state index in [2.05, 4.69) is 31.9 Å². The number of likely N-dealkylation sites (tertiary alicyclic amines) is 1. The highest BCUT2D eigenvalue weighted by atomic mass is 32.2. The minimum Gasteiger partial charge on any atom is -0.461 e. The zero-order valence-corrected chi connectivity index (χ0v) is 25.0. The largest absolute Gasteiger partial charge is 0.461 e. The van der Waals surface area contributed by atoms with Gasteiger partial charge in [-0.2, -0.15) is 0 Å². The molecule has 40 heavy (non-hydrogen) atoms. The van der Waals surface area contributed by atoms with Crippen molar-refractivity contribution in [3.8, 4) is 0 Å². The van der Waals surface area contributed by atoms with Gasteiger partial charge in [-0.1, -0.05) is 25.7 Å². The van der Waals surface area contributed by atoms with Gasteiger partial charge in [0.2, 0.25) is 5.91 Å². The van der Waals surface area contributed by atoms with Gasteiger partial charge < -0.3 is 24.5 Å². The summed E-state index contributed by atoms with van der Waals surface area (Å²) in [5.41, 5.74) is 1.79. The monoisotopic (exact) mass is 569 g/mol. The van der Waals surface area contributed by atoms with Crippen molar-refractivity contribution < 1.29 is 24.2 Å². The van der Waals surface area contributed by atoms with Crippen molar-refractivity contribution in [2.75, 3.05) is 42.6 Å². The molecule has 3 saturated heterocycles. The standard InChI is InChI=1S/C31H43N3O5S/c1-7-18-33(23-14-12-22(13-15-23)32(10-4)11-5)28(37)26-31-17-16-30(6,40-31)25(29(38)39-19-8-2)24(31)27(36)34(26)21(9-3)20-35/h7-8,12-15,21,24-26,35H,1-2,9-11,16-20H2,3-6H3/t21-,24-,25+,26?,30-,31?/m0/s1. The molecule has 2 bridgehead atoms. The maximum Gasteiger partial charge on any atom is 0.311 e. The minimum atomic E-state index is -0.825. The van der Waals surface area contributed by atoms with E-state index in [1.807, 2.05) is 38.1 Å². The van der Waals surface area contributed by atoms with Gasteiger partial charge in [-0.25, -0.2) is 0 Å². The normalized spacial score (nSPS) is 29.2. The second-order valence-electron chi connectivity index (χ2n) is 11.1. The summed E-state index contributed by atoms with van der Waals surface area (Å²) in [4.78, 5) is 47.8. The molecular weight excluding hydrogens is 526 g/mol. The van der Waals surface area contributed by atoms with Gasteiger partial charge in [0.1, 0.15) is 12.6 Å². The van der Waals surface area contributed by atoms with Crippen LogP contribution in [0.5, 0.6) is 0 Å². The molecule has 3 aliphatic heterocycles. The second kappa shape index (κ2) is 12.0. The van der Waals surface area contributed by atoms with Crippen molar-refractivity contribution in [3.05, 3.63) is 49.6 Å². The van der Waals surface area contributed by atoms with E-state index in [0.717, 1.165) is 24.5 Å². The number of ether oxygens (including phenoxy) is 1. The van der Waals surface area contributed by atoms with Gasteiger partial charge in [0.15, 0.2) is 0 Å². The number of benzene rings is 1. The van der Waals surface area contributed by atoms with Crippen molar-refractivity contribution in [2.24, 2.45) is 11.8 Å². The SMILES string of the molecule is C=CCOC(=O)[C@H]1[C@H]2C(=O)N([C@@H](CC)CO)C(C(=O)N(CC=C)c3ccc(N(CC)CC)cc3)C23CC[C@]1(C)S3. The molecule has 3 aliphatic rings. The van der Waals surface area contributed by atoms with Crippen molar-refractivity contribution >= 4 is 40.9 Å². The number of hydrogen-bond acceptors (Lipinski definition) is 7. The Bertz CT molecular complexity index is 1130. The molecular formula is C31H43N3O5S. The van der Waals surface area contributed by atoms with Crippen LogP contribution >= 0.6 is 11.8 Å². The molecule has 3 heterocycles. The number of aliphatic hydroxyl groups is 1. The van der Waals surface area contributed by atoms with E-state index in [-0.39, 0.29) is 31.6 Å². The summed E-state index contributed by atoms with van der Waals surface area (Å²) < 4.78 is 4.19. The first-order chi connectivity index (χ1) is 19.2. The van der Waals surface area contributed by atoms with Crippen molar-refractivity contribution in [2.45, 2.75) is 68.5 Å². The molecule has 2 unspecified atom stereocenters. The fraction of sp³-hybridized carbons (Fsp3) is 0.581. The predicted molar refractivity (Wildman–Crippen MR) is 160 cm³/mol. The van der Waals surface area contributed by atoms with E-state index in [9.17, 15) is 19.5 Å². The highest BCUT2D eigenvalue weighted by Gasteiger charge is 2.78. The molecule has 218 valence electrons. The van der Waals surface area contributed by atoms with Gasteiger partial charge in [0, 0.05) is 35.8 Å². The number of anilines is 2. The Labute approximate surface area is 242 Å². The van der Waals surface area contributed by atoms with Crippen LogP contribution in [0.4, 0.5) is 11.4 Å². The highest BCUT2D eigenvalue weighted by Crippen LogP contribution is 2.71.